The van der Waals surface area contributed by atoms with Crippen molar-refractivity contribution in [3.63, 3.8) is 0 Å². The molecule has 1 aromatic rings. The Morgan fingerprint density at radius 2 is 2.00 bits per heavy atom. The Kier molecular flexibility index (Phi) is 3.66. The third-order valence-corrected chi connectivity index (χ3v) is 3.74. The average Bonchev–Trinajstić information content (AvgIpc) is 2.77. The van der Waals surface area contributed by atoms with Crippen LogP contribution in [0, 0.1) is 0 Å². The number of nitrogens with zero attached hydrogens (tertiary/aromatic N) is 1. The third-order valence-electron chi connectivity index (χ3n) is 3.74. The number of ether oxygens (including phenoxy) is 1. The van der Waals surface area contributed by atoms with E-state index in [1.807, 2.05) is 30.3 Å². The minimum Gasteiger partial charge on any atom is -0.456 e. The molecule has 0 unspecified atom stereocenters. The zero-order valence-electron chi connectivity index (χ0n) is 12.2. The molecule has 1 fully saturated rings. The summed E-state index contributed by atoms with van der Waals surface area (Å²) in [6, 6.07) is 9.26. The number of β-lactam (4-membered cyclic amide) rings is 1. The number of nitrogens with one attached hydrogen (secondary N) is 1. The lowest BCUT2D eigenvalue weighted by atomic mass is 10.0. The standard InChI is InChI=1S/C16H16N2O4/c1-10(19)17-13-7-12-8-14(20)18(12)15(13)16(21)22-9-11-5-3-2-4-6-11/h2-6,12H,7-9H2,1H3,(H,17,19)/t12-/m1/s1. The molecule has 0 aromatic heterocycles. The summed E-state index contributed by atoms with van der Waals surface area (Å²) in [5.41, 5.74) is 1.51. The van der Waals surface area contributed by atoms with Crippen LogP contribution in [0.1, 0.15) is 25.3 Å². The number of amides is 2. The first-order chi connectivity index (χ1) is 10.6. The number of hydrogen-bond donors (Lipinski definition) is 1. The molecule has 22 heavy (non-hydrogen) atoms. The summed E-state index contributed by atoms with van der Waals surface area (Å²) in [5, 5.41) is 2.64. The number of rotatable bonds is 4. The van der Waals surface area contributed by atoms with Crippen LogP contribution < -0.4 is 5.32 Å². The van der Waals surface area contributed by atoms with E-state index < -0.39 is 5.97 Å². The van der Waals surface area contributed by atoms with Gasteiger partial charge in [-0.1, -0.05) is 30.3 Å². The van der Waals surface area contributed by atoms with Crippen LogP contribution in [0.2, 0.25) is 0 Å². The fourth-order valence-electron chi connectivity index (χ4n) is 2.77. The number of hydrogen-bond acceptors (Lipinski definition) is 4. The first-order valence-electron chi connectivity index (χ1n) is 7.10. The first kappa shape index (κ1) is 14.3. The van der Waals surface area contributed by atoms with Crippen LogP contribution in [0.25, 0.3) is 0 Å². The molecule has 3 rings (SSSR count). The van der Waals surface area contributed by atoms with Gasteiger partial charge >= 0.3 is 5.97 Å². The Bertz CT molecular complexity index is 666. The third kappa shape index (κ3) is 2.59. The van der Waals surface area contributed by atoms with Crippen molar-refractivity contribution in [3.8, 4) is 0 Å². The van der Waals surface area contributed by atoms with Gasteiger partial charge in [0, 0.05) is 19.8 Å². The van der Waals surface area contributed by atoms with Gasteiger partial charge in [-0.15, -0.1) is 0 Å². The van der Waals surface area contributed by atoms with E-state index in [2.05, 4.69) is 5.32 Å². The number of fused-ring (bicyclic) bond motifs is 1. The Morgan fingerprint density at radius 1 is 1.27 bits per heavy atom. The van der Waals surface area contributed by atoms with Crippen LogP contribution in [0.15, 0.2) is 41.7 Å². The Morgan fingerprint density at radius 3 is 2.64 bits per heavy atom. The van der Waals surface area contributed by atoms with Crippen LogP contribution in [-0.2, 0) is 25.7 Å². The van der Waals surface area contributed by atoms with E-state index in [9.17, 15) is 14.4 Å². The molecule has 0 aliphatic carbocycles. The molecule has 2 aliphatic rings. The fourth-order valence-corrected chi connectivity index (χ4v) is 2.77. The minimum absolute atomic E-state index is 0.0337. The van der Waals surface area contributed by atoms with Gasteiger partial charge in [0.05, 0.1) is 11.7 Å². The van der Waals surface area contributed by atoms with Crippen molar-refractivity contribution in [1.29, 1.82) is 0 Å². The van der Waals surface area contributed by atoms with Gasteiger partial charge in [-0.3, -0.25) is 9.59 Å². The maximum absolute atomic E-state index is 12.3. The highest BCUT2D eigenvalue weighted by Crippen LogP contribution is 2.37. The van der Waals surface area contributed by atoms with Gasteiger partial charge < -0.3 is 15.0 Å². The van der Waals surface area contributed by atoms with Crippen molar-refractivity contribution in [2.45, 2.75) is 32.4 Å². The molecule has 0 saturated carbocycles. The predicted molar refractivity (Wildman–Crippen MR) is 76.9 cm³/mol. The van der Waals surface area contributed by atoms with Crippen molar-refractivity contribution < 1.29 is 19.1 Å². The summed E-state index contributed by atoms with van der Waals surface area (Å²) in [6.07, 6.45) is 0.889. The topological polar surface area (TPSA) is 75.7 Å². The highest BCUT2D eigenvalue weighted by atomic mass is 16.5. The van der Waals surface area contributed by atoms with Crippen LogP contribution in [-0.4, -0.2) is 28.7 Å². The smallest absolute Gasteiger partial charge is 0.357 e. The molecule has 2 amide bonds. The molecule has 6 heteroatoms. The summed E-state index contributed by atoms with van der Waals surface area (Å²) < 4.78 is 5.28. The molecule has 1 atom stereocenters. The summed E-state index contributed by atoms with van der Waals surface area (Å²) >= 11 is 0. The molecule has 2 heterocycles. The van der Waals surface area contributed by atoms with Crippen LogP contribution in [0.4, 0.5) is 0 Å². The largest absolute Gasteiger partial charge is 0.456 e. The van der Waals surface area contributed by atoms with Gasteiger partial charge in [-0.25, -0.2) is 4.79 Å². The Balaban J connectivity index is 1.75. The summed E-state index contributed by atoms with van der Waals surface area (Å²) in [6.45, 7) is 1.50. The normalized spacial score (nSPS) is 19.6. The molecule has 6 nitrogen and oxygen atoms in total. The van der Waals surface area contributed by atoms with E-state index in [0.717, 1.165) is 5.56 Å². The number of esters is 1. The predicted octanol–water partition coefficient (Wildman–Crippen LogP) is 1.08. The molecule has 1 aromatic carbocycles. The Labute approximate surface area is 127 Å². The van der Waals surface area contributed by atoms with Gasteiger partial charge in [0.1, 0.15) is 12.3 Å². The van der Waals surface area contributed by atoms with Crippen LogP contribution in [0.5, 0.6) is 0 Å². The number of carbonyl (C=O) groups is 3. The maximum atomic E-state index is 12.3. The quantitative estimate of drug-likeness (QED) is 0.667. The first-order valence-corrected chi connectivity index (χ1v) is 7.10. The SMILES string of the molecule is CC(=O)NC1=C(C(=O)OCc2ccccc2)N2C(=O)C[C@H]2C1. The average molecular weight is 300 g/mol. The lowest BCUT2D eigenvalue weighted by Crippen LogP contribution is -2.49. The van der Waals surface area contributed by atoms with E-state index in [4.69, 9.17) is 4.74 Å². The monoisotopic (exact) mass is 300 g/mol. The second-order valence-electron chi connectivity index (χ2n) is 5.40. The zero-order chi connectivity index (χ0) is 15.7. The van der Waals surface area contributed by atoms with E-state index >= 15 is 0 Å². The van der Waals surface area contributed by atoms with Gasteiger partial charge in [-0.05, 0) is 5.56 Å². The van der Waals surface area contributed by atoms with Crippen molar-refractivity contribution in [2.24, 2.45) is 0 Å². The molecule has 0 radical (unpaired) electrons. The molecule has 114 valence electrons. The summed E-state index contributed by atoms with van der Waals surface area (Å²) in [5.74, 6) is -0.960. The van der Waals surface area contributed by atoms with E-state index in [1.54, 1.807) is 0 Å². The molecule has 1 saturated heterocycles. The molecular formula is C16H16N2O4. The second-order valence-corrected chi connectivity index (χ2v) is 5.40. The number of carbonyl (C=O) groups excluding carboxylic acids is 3. The molecule has 0 spiro atoms. The zero-order valence-corrected chi connectivity index (χ0v) is 12.2. The van der Waals surface area contributed by atoms with Gasteiger partial charge in [0.25, 0.3) is 0 Å². The lowest BCUT2D eigenvalue weighted by Gasteiger charge is -2.35. The van der Waals surface area contributed by atoms with E-state index in [-0.39, 0.29) is 30.2 Å². The fraction of sp³-hybridized carbons (Fsp3) is 0.312. The molecule has 1 N–H and O–H groups in total. The second kappa shape index (κ2) is 5.63. The molecule has 0 bridgehead atoms. The summed E-state index contributed by atoms with van der Waals surface area (Å²) in [7, 11) is 0. The highest BCUT2D eigenvalue weighted by molar-refractivity contribution is 5.99. The highest BCUT2D eigenvalue weighted by Gasteiger charge is 2.48. The maximum Gasteiger partial charge on any atom is 0.357 e. The Hall–Kier alpha value is -2.63. The van der Waals surface area contributed by atoms with Gasteiger partial charge in [0.15, 0.2) is 0 Å². The minimum atomic E-state index is -0.580. The lowest BCUT2D eigenvalue weighted by molar-refractivity contribution is -0.151. The van der Waals surface area contributed by atoms with Gasteiger partial charge in [-0.2, -0.15) is 0 Å². The van der Waals surface area contributed by atoms with E-state index in [0.29, 0.717) is 18.5 Å². The van der Waals surface area contributed by atoms with Crippen molar-refractivity contribution in [3.05, 3.63) is 47.3 Å². The van der Waals surface area contributed by atoms with Crippen molar-refractivity contribution in [1.82, 2.24) is 10.2 Å². The molecule has 2 aliphatic heterocycles. The van der Waals surface area contributed by atoms with E-state index in [1.165, 1.54) is 11.8 Å². The van der Waals surface area contributed by atoms with Crippen molar-refractivity contribution >= 4 is 17.8 Å². The van der Waals surface area contributed by atoms with Crippen LogP contribution in [0.3, 0.4) is 0 Å². The molecular weight excluding hydrogens is 284 g/mol. The number of benzene rings is 1. The summed E-state index contributed by atoms with van der Waals surface area (Å²) in [4.78, 5) is 36.7. The van der Waals surface area contributed by atoms with Gasteiger partial charge in [0.2, 0.25) is 11.8 Å². The van der Waals surface area contributed by atoms with Crippen molar-refractivity contribution in [2.75, 3.05) is 0 Å². The van der Waals surface area contributed by atoms with Crippen LogP contribution >= 0.6 is 0 Å².